The van der Waals surface area contributed by atoms with Gasteiger partial charge in [-0.15, -0.1) is 0 Å². The SMILES string of the molecule is COc1ccc2c(ccn2Cc2ncon2)c1. The van der Waals surface area contributed by atoms with Crippen LogP contribution in [-0.2, 0) is 6.54 Å². The highest BCUT2D eigenvalue weighted by atomic mass is 16.5. The number of benzene rings is 1. The Morgan fingerprint density at radius 3 is 3.06 bits per heavy atom. The smallest absolute Gasteiger partial charge is 0.213 e. The first-order chi connectivity index (χ1) is 8.36. The summed E-state index contributed by atoms with van der Waals surface area (Å²) in [5.41, 5.74) is 1.12. The van der Waals surface area contributed by atoms with Gasteiger partial charge < -0.3 is 13.8 Å². The molecule has 0 fully saturated rings. The summed E-state index contributed by atoms with van der Waals surface area (Å²) in [4.78, 5) is 4.01. The summed E-state index contributed by atoms with van der Waals surface area (Å²) in [6.07, 6.45) is 3.34. The van der Waals surface area contributed by atoms with Crippen molar-refractivity contribution in [3.63, 3.8) is 0 Å². The Morgan fingerprint density at radius 2 is 2.29 bits per heavy atom. The van der Waals surface area contributed by atoms with E-state index < -0.39 is 0 Å². The molecular formula is C12H11N3O2. The van der Waals surface area contributed by atoms with E-state index in [1.807, 2.05) is 30.5 Å². The Morgan fingerprint density at radius 1 is 1.35 bits per heavy atom. The molecule has 2 aromatic heterocycles. The fourth-order valence-electron chi connectivity index (χ4n) is 1.86. The number of methoxy groups -OCH3 is 1. The van der Waals surface area contributed by atoms with Crippen LogP contribution in [0.4, 0.5) is 0 Å². The highest BCUT2D eigenvalue weighted by Gasteiger charge is 2.05. The summed E-state index contributed by atoms with van der Waals surface area (Å²) in [6.45, 7) is 0.604. The highest BCUT2D eigenvalue weighted by Crippen LogP contribution is 2.22. The van der Waals surface area contributed by atoms with Crippen LogP contribution in [0, 0.1) is 0 Å². The summed E-state index contributed by atoms with van der Waals surface area (Å²) in [5.74, 6) is 1.52. The first-order valence-electron chi connectivity index (χ1n) is 5.25. The molecule has 0 aliphatic rings. The average molecular weight is 229 g/mol. The zero-order valence-electron chi connectivity index (χ0n) is 9.33. The molecule has 5 nitrogen and oxygen atoms in total. The van der Waals surface area contributed by atoms with Gasteiger partial charge >= 0.3 is 0 Å². The normalized spacial score (nSPS) is 10.9. The van der Waals surface area contributed by atoms with E-state index in [4.69, 9.17) is 9.26 Å². The topological polar surface area (TPSA) is 53.1 Å². The lowest BCUT2D eigenvalue weighted by molar-refractivity contribution is 0.408. The second kappa shape index (κ2) is 3.93. The molecule has 0 aliphatic carbocycles. The predicted molar refractivity (Wildman–Crippen MR) is 61.9 cm³/mol. The third-order valence-electron chi connectivity index (χ3n) is 2.70. The Balaban J connectivity index is 2.00. The molecule has 0 bridgehead atoms. The lowest BCUT2D eigenvalue weighted by Gasteiger charge is -2.03. The van der Waals surface area contributed by atoms with Gasteiger partial charge in [-0.05, 0) is 24.3 Å². The standard InChI is InChI=1S/C12H11N3O2/c1-16-10-2-3-11-9(6-10)4-5-15(11)7-12-13-8-17-14-12/h2-6,8H,7H2,1H3. The van der Waals surface area contributed by atoms with Crippen molar-refractivity contribution < 1.29 is 9.26 Å². The zero-order chi connectivity index (χ0) is 11.7. The Hall–Kier alpha value is -2.30. The van der Waals surface area contributed by atoms with Crippen LogP contribution in [0.3, 0.4) is 0 Å². The van der Waals surface area contributed by atoms with E-state index in [-0.39, 0.29) is 0 Å². The van der Waals surface area contributed by atoms with Crippen molar-refractivity contribution in [2.24, 2.45) is 0 Å². The molecule has 1 aromatic carbocycles. The Bertz CT molecular complexity index is 628. The second-order valence-corrected chi connectivity index (χ2v) is 3.72. The lowest BCUT2D eigenvalue weighted by atomic mass is 10.2. The second-order valence-electron chi connectivity index (χ2n) is 3.72. The molecule has 0 aliphatic heterocycles. The van der Waals surface area contributed by atoms with Gasteiger partial charge in [0.1, 0.15) is 5.75 Å². The fourth-order valence-corrected chi connectivity index (χ4v) is 1.86. The Labute approximate surface area is 97.6 Å². The Kier molecular flexibility index (Phi) is 2.29. The molecule has 5 heteroatoms. The van der Waals surface area contributed by atoms with Gasteiger partial charge in [0.05, 0.1) is 13.7 Å². The number of nitrogens with zero attached hydrogens (tertiary/aromatic N) is 3. The van der Waals surface area contributed by atoms with Crippen LogP contribution >= 0.6 is 0 Å². The van der Waals surface area contributed by atoms with Crippen molar-refractivity contribution in [1.29, 1.82) is 0 Å². The molecule has 0 unspecified atom stereocenters. The quantitative estimate of drug-likeness (QED) is 0.690. The van der Waals surface area contributed by atoms with Gasteiger partial charge in [0.2, 0.25) is 6.39 Å². The molecule has 0 N–H and O–H groups in total. The third kappa shape index (κ3) is 1.75. The van der Waals surface area contributed by atoms with Crippen LogP contribution in [0.1, 0.15) is 5.82 Å². The van der Waals surface area contributed by atoms with Gasteiger partial charge in [-0.3, -0.25) is 0 Å². The maximum absolute atomic E-state index is 5.19. The predicted octanol–water partition coefficient (Wildman–Crippen LogP) is 2.08. The molecule has 2 heterocycles. The summed E-state index contributed by atoms with van der Waals surface area (Å²) < 4.78 is 12.0. The largest absolute Gasteiger partial charge is 0.497 e. The first-order valence-corrected chi connectivity index (χ1v) is 5.25. The summed E-state index contributed by atoms with van der Waals surface area (Å²) >= 11 is 0. The van der Waals surface area contributed by atoms with Crippen LogP contribution in [0.25, 0.3) is 10.9 Å². The van der Waals surface area contributed by atoms with Crippen LogP contribution < -0.4 is 4.74 Å². The van der Waals surface area contributed by atoms with Crippen molar-refractivity contribution in [2.45, 2.75) is 6.54 Å². The minimum absolute atomic E-state index is 0.604. The van der Waals surface area contributed by atoms with E-state index >= 15 is 0 Å². The lowest BCUT2D eigenvalue weighted by Crippen LogP contribution is -1.99. The van der Waals surface area contributed by atoms with Gasteiger partial charge in [0, 0.05) is 17.1 Å². The zero-order valence-corrected chi connectivity index (χ0v) is 9.33. The molecular weight excluding hydrogens is 218 g/mol. The van der Waals surface area contributed by atoms with Gasteiger partial charge in [0.25, 0.3) is 0 Å². The van der Waals surface area contributed by atoms with Crippen molar-refractivity contribution >= 4 is 10.9 Å². The molecule has 0 saturated heterocycles. The number of fused-ring (bicyclic) bond motifs is 1. The minimum atomic E-state index is 0.604. The van der Waals surface area contributed by atoms with Gasteiger partial charge in [0.15, 0.2) is 5.82 Å². The summed E-state index contributed by atoms with van der Waals surface area (Å²) in [5, 5.41) is 4.93. The molecule has 0 saturated carbocycles. The van der Waals surface area contributed by atoms with Crippen molar-refractivity contribution in [1.82, 2.24) is 14.7 Å². The van der Waals surface area contributed by atoms with Crippen molar-refractivity contribution in [3.05, 3.63) is 42.7 Å². The van der Waals surface area contributed by atoms with E-state index in [2.05, 4.69) is 14.7 Å². The van der Waals surface area contributed by atoms with Crippen LogP contribution in [0.15, 0.2) is 41.4 Å². The van der Waals surface area contributed by atoms with Crippen LogP contribution in [0.5, 0.6) is 5.75 Å². The maximum atomic E-state index is 5.19. The van der Waals surface area contributed by atoms with E-state index in [1.165, 1.54) is 6.39 Å². The molecule has 0 spiro atoms. The van der Waals surface area contributed by atoms with E-state index in [1.54, 1.807) is 7.11 Å². The van der Waals surface area contributed by atoms with E-state index in [9.17, 15) is 0 Å². The molecule has 17 heavy (non-hydrogen) atoms. The third-order valence-corrected chi connectivity index (χ3v) is 2.70. The summed E-state index contributed by atoms with van der Waals surface area (Å²) in [7, 11) is 1.66. The fraction of sp³-hybridized carbons (Fsp3) is 0.167. The maximum Gasteiger partial charge on any atom is 0.213 e. The number of aromatic nitrogens is 3. The molecule has 0 radical (unpaired) electrons. The molecule has 3 aromatic rings. The number of hydrogen-bond acceptors (Lipinski definition) is 4. The highest BCUT2D eigenvalue weighted by molar-refractivity contribution is 5.81. The molecule has 0 atom stereocenters. The van der Waals surface area contributed by atoms with Crippen LogP contribution in [-0.4, -0.2) is 21.8 Å². The number of rotatable bonds is 3. The minimum Gasteiger partial charge on any atom is -0.497 e. The molecule has 86 valence electrons. The average Bonchev–Trinajstić information content (AvgIpc) is 2.99. The van der Waals surface area contributed by atoms with Crippen LogP contribution in [0.2, 0.25) is 0 Å². The van der Waals surface area contributed by atoms with Crippen molar-refractivity contribution in [3.8, 4) is 5.75 Å². The summed E-state index contributed by atoms with van der Waals surface area (Å²) in [6, 6.07) is 8.00. The monoisotopic (exact) mass is 229 g/mol. The molecule has 0 amide bonds. The van der Waals surface area contributed by atoms with Gasteiger partial charge in [-0.25, -0.2) is 0 Å². The van der Waals surface area contributed by atoms with E-state index in [0.29, 0.717) is 12.4 Å². The van der Waals surface area contributed by atoms with E-state index in [0.717, 1.165) is 16.7 Å². The van der Waals surface area contributed by atoms with Gasteiger partial charge in [-0.1, -0.05) is 5.16 Å². The number of hydrogen-bond donors (Lipinski definition) is 0. The number of ether oxygens (including phenoxy) is 1. The van der Waals surface area contributed by atoms with Gasteiger partial charge in [-0.2, -0.15) is 4.98 Å². The van der Waals surface area contributed by atoms with Crippen molar-refractivity contribution in [2.75, 3.05) is 7.11 Å². The first kappa shape index (κ1) is 9.89. The molecule has 3 rings (SSSR count).